The van der Waals surface area contributed by atoms with Crippen molar-refractivity contribution in [1.29, 1.82) is 0 Å². The molecule has 4 fully saturated rings. The maximum atomic E-state index is 13.1. The number of ether oxygens (including phenoxy) is 1. The monoisotopic (exact) mass is 734 g/mol. The van der Waals surface area contributed by atoms with Gasteiger partial charge in [0, 0.05) is 21.4 Å². The van der Waals surface area contributed by atoms with E-state index in [1.807, 2.05) is 12.1 Å². The van der Waals surface area contributed by atoms with Crippen LogP contribution in [0, 0.1) is 50.7 Å². The smallest absolute Gasteiger partial charge is 0.309 e. The van der Waals surface area contributed by atoms with Crippen molar-refractivity contribution in [2.75, 3.05) is 0 Å². The molecule has 0 aliphatic heterocycles. The van der Waals surface area contributed by atoms with Gasteiger partial charge in [-0.3, -0.25) is 9.59 Å². The van der Waals surface area contributed by atoms with Crippen molar-refractivity contribution in [3.8, 4) is 10.6 Å². The molecule has 5 aliphatic rings. The van der Waals surface area contributed by atoms with E-state index in [1.54, 1.807) is 36.3 Å². The van der Waals surface area contributed by atoms with Crippen molar-refractivity contribution in [2.24, 2.45) is 50.7 Å². The number of carboxylic acid groups (broad SMARTS) is 1. The zero-order valence-corrected chi connectivity index (χ0v) is 33.9. The molecule has 0 bridgehead atoms. The lowest BCUT2D eigenvalue weighted by atomic mass is 9.33. The minimum atomic E-state index is -1.14. The Balaban J connectivity index is 1.18. The number of hydrogen-bond acceptors (Lipinski definition) is 6. The second-order valence-corrected chi connectivity index (χ2v) is 20.8. The summed E-state index contributed by atoms with van der Waals surface area (Å²) in [6.45, 7) is 20.6. The normalized spacial score (nSPS) is 37.3. The van der Waals surface area contributed by atoms with Crippen LogP contribution in [0.3, 0.4) is 0 Å². The second-order valence-electron chi connectivity index (χ2n) is 19.4. The molecule has 2 aromatic rings. The number of rotatable bonds is 7. The van der Waals surface area contributed by atoms with E-state index in [2.05, 4.69) is 60.6 Å². The molecule has 1 aromatic heterocycles. The Morgan fingerprint density at radius 3 is 2.29 bits per heavy atom. The summed E-state index contributed by atoms with van der Waals surface area (Å²) < 4.78 is 6.20. The first-order valence-corrected chi connectivity index (χ1v) is 20.8. The first kappa shape index (κ1) is 37.1. The highest BCUT2D eigenvalue weighted by Crippen LogP contribution is 2.77. The molecular weight excluding hydrogens is 676 g/mol. The number of halogens is 1. The Hall–Kier alpha value is -2.25. The van der Waals surface area contributed by atoms with Crippen LogP contribution in [-0.4, -0.2) is 33.3 Å². The van der Waals surface area contributed by atoms with Crippen LogP contribution in [0.2, 0.25) is 5.02 Å². The molecule has 8 heteroatoms. The van der Waals surface area contributed by atoms with Crippen LogP contribution < -0.4 is 0 Å². The molecule has 278 valence electrons. The van der Waals surface area contributed by atoms with Gasteiger partial charge in [-0.25, -0.2) is 0 Å². The molecule has 51 heavy (non-hydrogen) atoms. The number of fused-ring (bicyclic) bond motifs is 7. The van der Waals surface area contributed by atoms with E-state index < -0.39 is 11.4 Å². The number of carbonyl (C=O) groups is 2. The van der Waals surface area contributed by atoms with Gasteiger partial charge in [0.25, 0.3) is 0 Å². The van der Waals surface area contributed by atoms with Crippen LogP contribution in [0.4, 0.5) is 0 Å². The fourth-order valence-electron chi connectivity index (χ4n) is 12.9. The van der Waals surface area contributed by atoms with E-state index in [9.17, 15) is 14.7 Å². The van der Waals surface area contributed by atoms with Crippen molar-refractivity contribution in [3.63, 3.8) is 0 Å². The molecule has 0 unspecified atom stereocenters. The molecule has 1 aromatic carbocycles. The highest BCUT2D eigenvalue weighted by Gasteiger charge is 2.70. The largest absolute Gasteiger partial charge is 0.481 e. The van der Waals surface area contributed by atoms with Gasteiger partial charge in [0.2, 0.25) is 0 Å². The predicted octanol–water partition coefficient (Wildman–Crippen LogP) is 11.3. The van der Waals surface area contributed by atoms with Crippen LogP contribution in [0.5, 0.6) is 0 Å². The third-order valence-electron chi connectivity index (χ3n) is 16.0. The quantitative estimate of drug-likeness (QED) is 0.225. The van der Waals surface area contributed by atoms with Gasteiger partial charge in [0.15, 0.2) is 0 Å². The zero-order chi connectivity index (χ0) is 36.9. The summed E-state index contributed by atoms with van der Waals surface area (Å²) in [5.41, 5.74) is 3.70. The summed E-state index contributed by atoms with van der Waals surface area (Å²) >= 11 is 8.02. The molecule has 4 saturated carbocycles. The first-order valence-electron chi connectivity index (χ1n) is 19.6. The van der Waals surface area contributed by atoms with Crippen molar-refractivity contribution in [1.82, 2.24) is 10.2 Å². The van der Waals surface area contributed by atoms with Gasteiger partial charge in [0.1, 0.15) is 16.1 Å². The van der Waals surface area contributed by atoms with Gasteiger partial charge in [0.05, 0.1) is 11.8 Å². The number of benzene rings is 1. The van der Waals surface area contributed by atoms with Crippen LogP contribution in [0.1, 0.15) is 138 Å². The van der Waals surface area contributed by atoms with Gasteiger partial charge in [-0.2, -0.15) is 0 Å². The lowest BCUT2D eigenvalue weighted by Gasteiger charge is -2.72. The summed E-state index contributed by atoms with van der Waals surface area (Å²) in [4.78, 5) is 24.9. The zero-order valence-electron chi connectivity index (χ0n) is 32.3. The Kier molecular flexibility index (Phi) is 9.01. The number of nitrogens with zero attached hydrogens (tertiary/aromatic N) is 2. The van der Waals surface area contributed by atoms with Crippen molar-refractivity contribution < 1.29 is 19.4 Å². The number of esters is 1. The van der Waals surface area contributed by atoms with Crippen molar-refractivity contribution in [3.05, 3.63) is 45.4 Å². The Morgan fingerprint density at radius 1 is 0.922 bits per heavy atom. The average molecular weight is 735 g/mol. The third-order valence-corrected chi connectivity index (χ3v) is 17.4. The topological polar surface area (TPSA) is 89.4 Å². The summed E-state index contributed by atoms with van der Waals surface area (Å²) in [5, 5.41) is 22.3. The molecule has 6 nitrogen and oxygen atoms in total. The third kappa shape index (κ3) is 5.50. The van der Waals surface area contributed by atoms with Gasteiger partial charge in [-0.05, 0) is 130 Å². The average Bonchev–Trinajstić information content (AvgIpc) is 3.70. The number of carboxylic acids is 1. The lowest BCUT2D eigenvalue weighted by Crippen LogP contribution is -2.66. The summed E-state index contributed by atoms with van der Waals surface area (Å²) in [6, 6.07) is 8.01. The fourth-order valence-corrected chi connectivity index (χ4v) is 14.2. The first-order chi connectivity index (χ1) is 23.8. The second kappa shape index (κ2) is 12.4. The molecule has 0 amide bonds. The molecule has 0 saturated heterocycles. The SMILES string of the molecule is CC(C)C1=C2[C@H]3CC[C@@H]4[C@@]5(C)CC[C@H](OC(=O)CC(C)(C)C(=O)O)C(C)(C)[C@@H]5CC[C@@]4(C)[C@]3(C)CC[C@@]2(c2nnc(-c3ccc(Cl)cc3)s2)CC1. The standard InChI is InChI=1S/C43H59ClN2O4S/c1-25(2)28-16-21-43(36-46-45-35(51-36)26-10-12-27(44)13-11-26)23-22-41(8)29(34(28)43)14-15-31-40(7)19-18-32(50-33(47)24-38(3,4)37(48)49)39(5,6)30(40)17-20-42(31,41)9/h10-13,25,29-32H,14-24H2,1-9H3,(H,48,49)/t29-,30+,31-,32+,40+,41-,42-,43+/m1/s1. The number of allylic oxidation sites excluding steroid dienone is 2. The van der Waals surface area contributed by atoms with E-state index in [0.717, 1.165) is 54.1 Å². The highest BCUT2D eigenvalue weighted by atomic mass is 35.5. The summed E-state index contributed by atoms with van der Waals surface area (Å²) in [7, 11) is 0. The molecular formula is C43H59ClN2O4S. The summed E-state index contributed by atoms with van der Waals surface area (Å²) in [6.07, 6.45) is 11.0. The molecule has 0 radical (unpaired) electrons. The predicted molar refractivity (Wildman–Crippen MR) is 205 cm³/mol. The maximum Gasteiger partial charge on any atom is 0.309 e. The van der Waals surface area contributed by atoms with Gasteiger partial charge in [-0.1, -0.05) is 94.7 Å². The minimum absolute atomic E-state index is 0.0183. The fraction of sp³-hybridized carbons (Fsp3) is 0.721. The Bertz CT molecular complexity index is 1750. The lowest BCUT2D eigenvalue weighted by molar-refractivity contribution is -0.232. The number of hydrogen-bond donors (Lipinski definition) is 1. The maximum absolute atomic E-state index is 13.1. The van der Waals surface area contributed by atoms with Crippen LogP contribution in [-0.2, 0) is 19.7 Å². The van der Waals surface area contributed by atoms with E-state index in [0.29, 0.717) is 23.7 Å². The van der Waals surface area contributed by atoms with Gasteiger partial charge in [-0.15, -0.1) is 10.2 Å². The summed E-state index contributed by atoms with van der Waals surface area (Å²) in [5.74, 6) is 0.747. The van der Waals surface area contributed by atoms with Crippen LogP contribution >= 0.6 is 22.9 Å². The van der Waals surface area contributed by atoms with E-state index in [-0.39, 0.29) is 45.6 Å². The van der Waals surface area contributed by atoms with E-state index >= 15 is 0 Å². The van der Waals surface area contributed by atoms with Crippen molar-refractivity contribution in [2.45, 2.75) is 144 Å². The Labute approximate surface area is 314 Å². The molecule has 1 N–H and O–H groups in total. The number of aromatic nitrogens is 2. The number of aliphatic carboxylic acids is 1. The minimum Gasteiger partial charge on any atom is -0.481 e. The van der Waals surface area contributed by atoms with Gasteiger partial charge < -0.3 is 9.84 Å². The Morgan fingerprint density at radius 2 is 1.63 bits per heavy atom. The van der Waals surface area contributed by atoms with Gasteiger partial charge >= 0.3 is 11.9 Å². The molecule has 7 rings (SSSR count). The van der Waals surface area contributed by atoms with Crippen molar-refractivity contribution >= 4 is 34.9 Å². The molecule has 8 atom stereocenters. The molecule has 1 heterocycles. The van der Waals surface area contributed by atoms with Crippen LogP contribution in [0.15, 0.2) is 35.4 Å². The molecule has 0 spiro atoms. The highest BCUT2D eigenvalue weighted by molar-refractivity contribution is 7.14. The number of carbonyl (C=O) groups excluding carboxylic acids is 1. The van der Waals surface area contributed by atoms with E-state index in [1.165, 1.54) is 30.7 Å². The van der Waals surface area contributed by atoms with E-state index in [4.69, 9.17) is 26.5 Å². The molecule has 5 aliphatic carbocycles. The van der Waals surface area contributed by atoms with Crippen LogP contribution in [0.25, 0.3) is 10.6 Å².